The highest BCUT2D eigenvalue weighted by atomic mass is 79.9. The zero-order valence-corrected chi connectivity index (χ0v) is 16.1. The predicted octanol–water partition coefficient (Wildman–Crippen LogP) is 3.93. The van der Waals surface area contributed by atoms with Crippen LogP contribution in [0.15, 0.2) is 39.7 Å². The molecule has 0 aliphatic carbocycles. The summed E-state index contributed by atoms with van der Waals surface area (Å²) in [5.74, 6) is -0.334. The first-order chi connectivity index (χ1) is 11.2. The van der Waals surface area contributed by atoms with Gasteiger partial charge in [-0.1, -0.05) is 12.1 Å². The van der Waals surface area contributed by atoms with Crippen molar-refractivity contribution in [3.63, 3.8) is 0 Å². The van der Waals surface area contributed by atoms with Crippen LogP contribution in [0.25, 0.3) is 0 Å². The Balaban J connectivity index is 2.49. The fourth-order valence-electron chi connectivity index (χ4n) is 2.14. The topological polar surface area (TPSA) is 69.7 Å². The van der Waals surface area contributed by atoms with Gasteiger partial charge in [0.05, 0.1) is 12.7 Å². The van der Waals surface area contributed by atoms with Crippen molar-refractivity contribution in [2.75, 3.05) is 7.11 Å². The number of carbonyl (C=O) groups excluding carboxylic acids is 1. The third kappa shape index (κ3) is 3.62. The smallest absolute Gasteiger partial charge is 0.339 e. The van der Waals surface area contributed by atoms with Gasteiger partial charge in [-0.05, 0) is 71.6 Å². The van der Waals surface area contributed by atoms with Crippen LogP contribution in [0.3, 0.4) is 0 Å². The van der Waals surface area contributed by atoms with Crippen molar-refractivity contribution in [3.05, 3.63) is 57.1 Å². The second-order valence-electron chi connectivity index (χ2n) is 5.32. The van der Waals surface area contributed by atoms with Crippen LogP contribution in [-0.4, -0.2) is 21.5 Å². The maximum Gasteiger partial charge on any atom is 0.339 e. The number of ether oxygens (including phenoxy) is 1. The summed E-state index contributed by atoms with van der Waals surface area (Å²) < 4.78 is 35.6. The number of esters is 1. The van der Waals surface area contributed by atoms with Crippen LogP contribution in [0.2, 0.25) is 0 Å². The molecule has 0 aliphatic rings. The van der Waals surface area contributed by atoms with Gasteiger partial charge in [-0.25, -0.2) is 4.79 Å². The van der Waals surface area contributed by atoms with Gasteiger partial charge in [0, 0.05) is 4.47 Å². The highest BCUT2D eigenvalue weighted by molar-refractivity contribution is 9.10. The minimum atomic E-state index is -4.08. The number of hydrogen-bond acceptors (Lipinski definition) is 5. The van der Waals surface area contributed by atoms with Gasteiger partial charge in [-0.2, -0.15) is 8.42 Å². The van der Waals surface area contributed by atoms with E-state index < -0.39 is 16.1 Å². The largest absolute Gasteiger partial charge is 0.465 e. The summed E-state index contributed by atoms with van der Waals surface area (Å²) in [7, 11) is -2.86. The Bertz CT molecular complexity index is 903. The number of hydrogen-bond donors (Lipinski definition) is 0. The van der Waals surface area contributed by atoms with E-state index in [0.29, 0.717) is 15.8 Å². The maximum absolute atomic E-state index is 12.6. The number of rotatable bonds is 4. The van der Waals surface area contributed by atoms with E-state index in [1.165, 1.54) is 25.3 Å². The van der Waals surface area contributed by atoms with Crippen LogP contribution in [-0.2, 0) is 14.9 Å². The molecule has 2 aromatic rings. The predicted molar refractivity (Wildman–Crippen MR) is 93.9 cm³/mol. The molecule has 2 rings (SSSR count). The molecule has 24 heavy (non-hydrogen) atoms. The Morgan fingerprint density at radius 3 is 2.29 bits per heavy atom. The molecule has 0 aliphatic heterocycles. The minimum absolute atomic E-state index is 0.111. The summed E-state index contributed by atoms with van der Waals surface area (Å²) in [6.45, 7) is 5.46. The first kappa shape index (κ1) is 18.5. The van der Waals surface area contributed by atoms with Gasteiger partial charge in [0.25, 0.3) is 0 Å². The van der Waals surface area contributed by atoms with Gasteiger partial charge in [0.15, 0.2) is 0 Å². The molecule has 0 spiro atoms. The SMILES string of the molecule is COC(=O)c1cc(S(=O)(=O)Oc2c(C)ccc(C)c2C)ccc1Br. The normalized spacial score (nSPS) is 11.2. The van der Waals surface area contributed by atoms with Crippen LogP contribution >= 0.6 is 15.9 Å². The molecule has 5 nitrogen and oxygen atoms in total. The minimum Gasteiger partial charge on any atom is -0.465 e. The summed E-state index contributed by atoms with van der Waals surface area (Å²) in [6, 6.07) is 7.77. The highest BCUT2D eigenvalue weighted by Gasteiger charge is 2.22. The van der Waals surface area contributed by atoms with Crippen molar-refractivity contribution in [1.82, 2.24) is 0 Å². The fraction of sp³-hybridized carbons (Fsp3) is 0.235. The van der Waals surface area contributed by atoms with Crippen molar-refractivity contribution < 1.29 is 22.1 Å². The number of halogens is 1. The van der Waals surface area contributed by atoms with E-state index in [1.807, 2.05) is 13.0 Å². The maximum atomic E-state index is 12.6. The summed E-state index contributed by atoms with van der Waals surface area (Å²) in [6.07, 6.45) is 0. The Hall–Kier alpha value is -1.86. The second-order valence-corrected chi connectivity index (χ2v) is 7.72. The van der Waals surface area contributed by atoms with Crippen molar-refractivity contribution in [1.29, 1.82) is 0 Å². The molecule has 0 amide bonds. The standard InChI is InChI=1S/C17H17BrO5S/c1-10-5-6-11(2)16(12(10)3)23-24(20,21)13-7-8-15(18)14(9-13)17(19)22-4/h5-9H,1-4H3. The monoisotopic (exact) mass is 412 g/mol. The zero-order chi connectivity index (χ0) is 18.1. The molecule has 0 atom stereocenters. The van der Waals surface area contributed by atoms with E-state index in [0.717, 1.165) is 11.1 Å². The molecule has 0 unspecified atom stereocenters. The molecule has 0 saturated heterocycles. The van der Waals surface area contributed by atoms with Gasteiger partial charge >= 0.3 is 16.1 Å². The van der Waals surface area contributed by atoms with Crippen LogP contribution in [0.4, 0.5) is 0 Å². The number of benzene rings is 2. The molecule has 0 heterocycles. The van der Waals surface area contributed by atoms with Crippen LogP contribution in [0.5, 0.6) is 5.75 Å². The van der Waals surface area contributed by atoms with Crippen LogP contribution < -0.4 is 4.18 Å². The highest BCUT2D eigenvalue weighted by Crippen LogP contribution is 2.30. The molecule has 0 radical (unpaired) electrons. The summed E-state index contributed by atoms with van der Waals surface area (Å²) in [5, 5.41) is 0. The molecule has 0 bridgehead atoms. The lowest BCUT2D eigenvalue weighted by Gasteiger charge is -2.14. The van der Waals surface area contributed by atoms with E-state index in [-0.39, 0.29) is 10.5 Å². The molecule has 7 heteroatoms. The van der Waals surface area contributed by atoms with Crippen molar-refractivity contribution in [3.8, 4) is 5.75 Å². The lowest BCUT2D eigenvalue weighted by Crippen LogP contribution is -2.13. The van der Waals surface area contributed by atoms with Crippen molar-refractivity contribution >= 4 is 32.0 Å². The molecule has 128 valence electrons. The summed E-state index contributed by atoms with van der Waals surface area (Å²) >= 11 is 3.20. The molecule has 0 fully saturated rings. The molecule has 0 N–H and O–H groups in total. The van der Waals surface area contributed by atoms with Crippen LogP contribution in [0.1, 0.15) is 27.0 Å². The van der Waals surface area contributed by atoms with Crippen LogP contribution in [0, 0.1) is 20.8 Å². The van der Waals surface area contributed by atoms with Gasteiger partial charge in [-0.3, -0.25) is 0 Å². The number of methoxy groups -OCH3 is 1. The van der Waals surface area contributed by atoms with E-state index in [4.69, 9.17) is 4.18 Å². The molecular formula is C17H17BrO5S. The van der Waals surface area contributed by atoms with Crippen molar-refractivity contribution in [2.45, 2.75) is 25.7 Å². The average molecular weight is 413 g/mol. The molecular weight excluding hydrogens is 396 g/mol. The quantitative estimate of drug-likeness (QED) is 0.561. The Morgan fingerprint density at radius 1 is 1.04 bits per heavy atom. The van der Waals surface area contributed by atoms with Gasteiger partial charge in [0.1, 0.15) is 10.6 Å². The molecule has 0 aromatic heterocycles. The second kappa shape index (κ2) is 6.94. The fourth-order valence-corrected chi connectivity index (χ4v) is 3.62. The Kier molecular flexibility index (Phi) is 5.35. The Labute approximate surface area is 149 Å². The van der Waals surface area contributed by atoms with E-state index >= 15 is 0 Å². The summed E-state index contributed by atoms with van der Waals surface area (Å²) in [5.41, 5.74) is 2.51. The summed E-state index contributed by atoms with van der Waals surface area (Å²) in [4.78, 5) is 11.6. The third-order valence-electron chi connectivity index (χ3n) is 3.70. The first-order valence-corrected chi connectivity index (χ1v) is 9.26. The third-order valence-corrected chi connectivity index (χ3v) is 5.61. The Morgan fingerprint density at radius 2 is 1.67 bits per heavy atom. The van der Waals surface area contributed by atoms with E-state index in [9.17, 15) is 13.2 Å². The van der Waals surface area contributed by atoms with Gasteiger partial charge in [-0.15, -0.1) is 0 Å². The van der Waals surface area contributed by atoms with E-state index in [1.54, 1.807) is 19.9 Å². The van der Waals surface area contributed by atoms with Gasteiger partial charge in [0.2, 0.25) is 0 Å². The first-order valence-electron chi connectivity index (χ1n) is 7.06. The van der Waals surface area contributed by atoms with Gasteiger partial charge < -0.3 is 8.92 Å². The molecule has 0 saturated carbocycles. The lowest BCUT2D eigenvalue weighted by molar-refractivity contribution is 0.0599. The van der Waals surface area contributed by atoms with Crippen molar-refractivity contribution in [2.24, 2.45) is 0 Å². The lowest BCUT2D eigenvalue weighted by atomic mass is 10.1. The number of aryl methyl sites for hydroxylation is 2. The zero-order valence-electron chi connectivity index (χ0n) is 13.7. The van der Waals surface area contributed by atoms with E-state index in [2.05, 4.69) is 20.7 Å². The average Bonchev–Trinajstić information content (AvgIpc) is 2.54. The number of carbonyl (C=O) groups is 1. The molecule has 2 aromatic carbocycles.